The van der Waals surface area contributed by atoms with E-state index in [0.29, 0.717) is 17.2 Å². The number of fused-ring (bicyclic) bond motifs is 1. The molecule has 4 N–H and O–H groups in total. The molecule has 3 rings (SSSR count). The molecule has 0 fully saturated rings. The van der Waals surface area contributed by atoms with Crippen LogP contribution in [-0.2, 0) is 9.53 Å². The molecule has 0 saturated carbocycles. The average molecular weight is 368 g/mol. The molecule has 140 valence electrons. The zero-order valence-electron chi connectivity index (χ0n) is 14.9. The topological polar surface area (TPSA) is 121 Å². The van der Waals surface area contributed by atoms with Crippen LogP contribution >= 0.6 is 0 Å². The highest BCUT2D eigenvalue weighted by atomic mass is 16.5. The highest BCUT2D eigenvalue weighted by Gasteiger charge is 2.23. The lowest BCUT2D eigenvalue weighted by Crippen LogP contribution is -2.37. The summed E-state index contributed by atoms with van der Waals surface area (Å²) in [6.45, 7) is 2.70. The third kappa shape index (κ3) is 4.14. The van der Waals surface area contributed by atoms with Gasteiger partial charge in [-0.15, -0.1) is 0 Å². The van der Waals surface area contributed by atoms with Crippen LogP contribution in [0.15, 0.2) is 42.6 Å². The fraction of sp³-hybridized carbons (Fsp3) is 0.222. The molecule has 1 aromatic carbocycles. The number of pyridine rings is 1. The summed E-state index contributed by atoms with van der Waals surface area (Å²) in [6, 6.07) is 9.01. The lowest BCUT2D eigenvalue weighted by Gasteiger charge is -2.17. The van der Waals surface area contributed by atoms with Crippen molar-refractivity contribution >= 4 is 34.5 Å². The fourth-order valence-electron chi connectivity index (χ4n) is 2.61. The first kappa shape index (κ1) is 18.2. The van der Waals surface area contributed by atoms with Gasteiger partial charge in [0.1, 0.15) is 5.82 Å². The molecule has 2 amide bonds. The summed E-state index contributed by atoms with van der Waals surface area (Å²) in [5.74, 6) is 0.456. The largest absolute Gasteiger partial charge is 0.467 e. The van der Waals surface area contributed by atoms with E-state index in [0.717, 1.165) is 17.4 Å². The van der Waals surface area contributed by atoms with E-state index in [4.69, 9.17) is 4.74 Å². The van der Waals surface area contributed by atoms with Crippen molar-refractivity contribution in [3.05, 3.63) is 48.2 Å². The molecule has 0 bridgehead atoms. The van der Waals surface area contributed by atoms with Crippen molar-refractivity contribution in [1.29, 1.82) is 0 Å². The zero-order valence-corrected chi connectivity index (χ0v) is 14.9. The maximum absolute atomic E-state index is 12.4. The van der Waals surface area contributed by atoms with E-state index in [9.17, 15) is 9.59 Å². The van der Waals surface area contributed by atoms with E-state index in [2.05, 4.69) is 31.1 Å². The number of anilines is 2. The number of hydrogen-bond acceptors (Lipinski definition) is 6. The number of esters is 1. The van der Waals surface area contributed by atoms with Crippen molar-refractivity contribution in [3.63, 3.8) is 0 Å². The SMILES string of the molecule is CCNc1n[nH]c2cc(NC(=O)NC(C(=O)OC)c3ccccc3)ncc12. The Morgan fingerprint density at radius 3 is 2.74 bits per heavy atom. The Morgan fingerprint density at radius 1 is 1.26 bits per heavy atom. The number of methoxy groups -OCH3 is 1. The first-order valence-corrected chi connectivity index (χ1v) is 8.40. The summed E-state index contributed by atoms with van der Waals surface area (Å²) in [5, 5.41) is 16.2. The summed E-state index contributed by atoms with van der Waals surface area (Å²) in [5.41, 5.74) is 1.34. The highest BCUT2D eigenvalue weighted by molar-refractivity contribution is 5.95. The molecular formula is C18H20N6O3. The second kappa shape index (κ2) is 8.17. The van der Waals surface area contributed by atoms with Crippen molar-refractivity contribution in [1.82, 2.24) is 20.5 Å². The predicted octanol–water partition coefficient (Wildman–Crippen LogP) is 2.43. The van der Waals surface area contributed by atoms with Gasteiger partial charge in [-0.3, -0.25) is 10.4 Å². The average Bonchev–Trinajstić information content (AvgIpc) is 3.08. The van der Waals surface area contributed by atoms with E-state index in [1.807, 2.05) is 13.0 Å². The highest BCUT2D eigenvalue weighted by Crippen LogP contribution is 2.21. The quantitative estimate of drug-likeness (QED) is 0.496. The van der Waals surface area contributed by atoms with E-state index >= 15 is 0 Å². The minimum atomic E-state index is -0.924. The second-order valence-corrected chi connectivity index (χ2v) is 5.68. The first-order chi connectivity index (χ1) is 13.1. The van der Waals surface area contributed by atoms with E-state index in [1.54, 1.807) is 36.5 Å². The second-order valence-electron chi connectivity index (χ2n) is 5.68. The van der Waals surface area contributed by atoms with Crippen LogP contribution in [0.2, 0.25) is 0 Å². The van der Waals surface area contributed by atoms with Gasteiger partial charge in [0.05, 0.1) is 18.0 Å². The molecule has 9 heteroatoms. The molecule has 1 atom stereocenters. The number of nitrogens with one attached hydrogen (secondary N) is 4. The van der Waals surface area contributed by atoms with Crippen molar-refractivity contribution in [3.8, 4) is 0 Å². The number of urea groups is 1. The van der Waals surface area contributed by atoms with Gasteiger partial charge in [0.2, 0.25) is 0 Å². The molecular weight excluding hydrogens is 348 g/mol. The van der Waals surface area contributed by atoms with E-state index in [-0.39, 0.29) is 0 Å². The molecule has 0 aliphatic rings. The number of aromatic amines is 1. The maximum atomic E-state index is 12.4. The summed E-state index contributed by atoms with van der Waals surface area (Å²) in [7, 11) is 1.27. The molecule has 0 saturated heterocycles. The van der Waals surface area contributed by atoms with Crippen molar-refractivity contribution in [2.24, 2.45) is 0 Å². The van der Waals surface area contributed by atoms with Crippen molar-refractivity contribution in [2.45, 2.75) is 13.0 Å². The van der Waals surface area contributed by atoms with Gasteiger partial charge in [0, 0.05) is 18.8 Å². The van der Waals surface area contributed by atoms with Gasteiger partial charge in [-0.25, -0.2) is 14.6 Å². The van der Waals surface area contributed by atoms with E-state index in [1.165, 1.54) is 7.11 Å². The number of benzene rings is 1. The number of H-pyrrole nitrogens is 1. The Bertz CT molecular complexity index is 941. The van der Waals surface area contributed by atoms with Crippen LogP contribution in [-0.4, -0.2) is 40.8 Å². The molecule has 0 aliphatic heterocycles. The molecule has 2 heterocycles. The van der Waals surface area contributed by atoms with Gasteiger partial charge in [-0.2, -0.15) is 5.10 Å². The van der Waals surface area contributed by atoms with Gasteiger partial charge < -0.3 is 15.4 Å². The lowest BCUT2D eigenvalue weighted by molar-refractivity contribution is -0.143. The lowest BCUT2D eigenvalue weighted by atomic mass is 10.1. The third-order valence-corrected chi connectivity index (χ3v) is 3.88. The van der Waals surface area contributed by atoms with Crippen LogP contribution in [0, 0.1) is 0 Å². The normalized spacial score (nSPS) is 11.6. The Morgan fingerprint density at radius 2 is 2.04 bits per heavy atom. The Balaban J connectivity index is 1.74. The van der Waals surface area contributed by atoms with Crippen LogP contribution < -0.4 is 16.0 Å². The number of aromatic nitrogens is 3. The molecule has 3 aromatic rings. The molecule has 0 aliphatic carbocycles. The predicted molar refractivity (Wildman–Crippen MR) is 101 cm³/mol. The van der Waals surface area contributed by atoms with E-state index < -0.39 is 18.0 Å². The van der Waals surface area contributed by atoms with Gasteiger partial charge >= 0.3 is 12.0 Å². The molecule has 2 aromatic heterocycles. The van der Waals surface area contributed by atoms with Gasteiger partial charge in [0.25, 0.3) is 0 Å². The Hall–Kier alpha value is -3.62. The number of hydrogen-bond donors (Lipinski definition) is 4. The number of amides is 2. The number of carbonyl (C=O) groups excluding carboxylic acids is 2. The summed E-state index contributed by atoms with van der Waals surface area (Å²) in [6.07, 6.45) is 1.61. The molecule has 0 spiro atoms. The van der Waals surface area contributed by atoms with Crippen LogP contribution in [0.25, 0.3) is 10.9 Å². The standard InChI is InChI=1S/C18H20N6O3/c1-3-19-16-12-10-20-14(9-13(12)23-24-16)21-18(26)22-15(17(25)27-2)11-7-5-4-6-8-11/h4-10,15H,3H2,1-2H3,(H2,19,23,24)(H2,20,21,22,26). The van der Waals surface area contributed by atoms with Gasteiger partial charge in [-0.05, 0) is 12.5 Å². The Labute approximate surface area is 155 Å². The minimum absolute atomic E-state index is 0.323. The summed E-state index contributed by atoms with van der Waals surface area (Å²) in [4.78, 5) is 28.6. The molecule has 0 radical (unpaired) electrons. The maximum Gasteiger partial charge on any atom is 0.333 e. The number of carbonyl (C=O) groups is 2. The monoisotopic (exact) mass is 368 g/mol. The summed E-state index contributed by atoms with van der Waals surface area (Å²) < 4.78 is 4.78. The van der Waals surface area contributed by atoms with Crippen molar-refractivity contribution < 1.29 is 14.3 Å². The van der Waals surface area contributed by atoms with Crippen LogP contribution in [0.1, 0.15) is 18.5 Å². The van der Waals surface area contributed by atoms with Crippen molar-refractivity contribution in [2.75, 3.05) is 24.3 Å². The number of rotatable bonds is 6. The number of ether oxygens (including phenoxy) is 1. The Kier molecular flexibility index (Phi) is 5.50. The molecule has 27 heavy (non-hydrogen) atoms. The van der Waals surface area contributed by atoms with Crippen LogP contribution in [0.3, 0.4) is 0 Å². The zero-order chi connectivity index (χ0) is 19.2. The van der Waals surface area contributed by atoms with Crippen LogP contribution in [0.5, 0.6) is 0 Å². The fourth-order valence-corrected chi connectivity index (χ4v) is 2.61. The molecule has 9 nitrogen and oxygen atoms in total. The molecule has 1 unspecified atom stereocenters. The minimum Gasteiger partial charge on any atom is -0.467 e. The first-order valence-electron chi connectivity index (χ1n) is 8.40. The smallest absolute Gasteiger partial charge is 0.333 e. The van der Waals surface area contributed by atoms with Gasteiger partial charge in [0.15, 0.2) is 11.9 Å². The number of nitrogens with zero attached hydrogens (tertiary/aromatic N) is 2. The van der Waals surface area contributed by atoms with Crippen LogP contribution in [0.4, 0.5) is 16.4 Å². The summed E-state index contributed by atoms with van der Waals surface area (Å²) >= 11 is 0. The van der Waals surface area contributed by atoms with Gasteiger partial charge in [-0.1, -0.05) is 30.3 Å². The third-order valence-electron chi connectivity index (χ3n) is 3.88.